The third-order valence-electron chi connectivity index (χ3n) is 3.19. The second-order valence-electron chi connectivity index (χ2n) is 4.93. The van der Waals surface area contributed by atoms with Crippen LogP contribution in [0.4, 0.5) is 5.69 Å². The van der Waals surface area contributed by atoms with Crippen molar-refractivity contribution < 1.29 is 8.42 Å². The molecule has 0 saturated heterocycles. The van der Waals surface area contributed by atoms with Crippen molar-refractivity contribution in [2.75, 3.05) is 4.72 Å². The molecule has 1 heterocycles. The molecule has 0 fully saturated rings. The highest BCUT2D eigenvalue weighted by molar-refractivity contribution is 9.10. The van der Waals surface area contributed by atoms with Crippen LogP contribution in [0.2, 0.25) is 0 Å². The molecule has 114 valence electrons. The fourth-order valence-corrected chi connectivity index (χ4v) is 4.35. The zero-order valence-corrected chi connectivity index (χ0v) is 15.1. The summed E-state index contributed by atoms with van der Waals surface area (Å²) in [4.78, 5) is 4.61. The van der Waals surface area contributed by atoms with E-state index in [1.54, 1.807) is 35.6 Å². The third kappa shape index (κ3) is 3.02. The van der Waals surface area contributed by atoms with Gasteiger partial charge in [-0.15, -0.1) is 11.3 Å². The zero-order chi connectivity index (χ0) is 15.9. The van der Waals surface area contributed by atoms with E-state index in [-0.39, 0.29) is 4.90 Å². The summed E-state index contributed by atoms with van der Waals surface area (Å²) >= 11 is 4.91. The minimum absolute atomic E-state index is 0.244. The second-order valence-corrected chi connectivity index (χ2v) is 8.70. The predicted molar refractivity (Wildman–Crippen MR) is 94.0 cm³/mol. The molecule has 0 aliphatic carbocycles. The standard InChI is InChI=1S/C15H13BrN2O2S2/c1-9-7-12(4-5-13(9)16)22(19,20)18-11-3-6-14-15(8-11)21-10(2)17-14/h3-8,18H,1-2H3. The van der Waals surface area contributed by atoms with Gasteiger partial charge in [0.15, 0.2) is 0 Å². The molecule has 1 N–H and O–H groups in total. The minimum atomic E-state index is -3.60. The number of benzene rings is 2. The molecule has 2 aromatic carbocycles. The Balaban J connectivity index is 1.96. The number of thiazole rings is 1. The van der Waals surface area contributed by atoms with Crippen LogP contribution >= 0.6 is 27.3 Å². The molecule has 1 aromatic heterocycles. The van der Waals surface area contributed by atoms with E-state index >= 15 is 0 Å². The maximum absolute atomic E-state index is 12.5. The Labute approximate surface area is 141 Å². The van der Waals surface area contributed by atoms with Crippen molar-refractivity contribution in [2.45, 2.75) is 18.7 Å². The normalized spacial score (nSPS) is 11.8. The van der Waals surface area contributed by atoms with Gasteiger partial charge in [0.25, 0.3) is 10.0 Å². The average Bonchev–Trinajstić information content (AvgIpc) is 2.80. The van der Waals surface area contributed by atoms with Gasteiger partial charge in [-0.3, -0.25) is 4.72 Å². The Morgan fingerprint density at radius 3 is 2.64 bits per heavy atom. The molecule has 0 aliphatic heterocycles. The van der Waals surface area contributed by atoms with Crippen LogP contribution in [0.15, 0.2) is 45.8 Å². The number of hydrogen-bond donors (Lipinski definition) is 1. The molecule has 7 heteroatoms. The largest absolute Gasteiger partial charge is 0.280 e. The SMILES string of the molecule is Cc1nc2ccc(NS(=O)(=O)c3ccc(Br)c(C)c3)cc2s1. The van der Waals surface area contributed by atoms with E-state index in [0.717, 1.165) is 25.3 Å². The van der Waals surface area contributed by atoms with Crippen LogP contribution < -0.4 is 4.72 Å². The lowest BCUT2D eigenvalue weighted by atomic mass is 10.2. The lowest BCUT2D eigenvalue weighted by Gasteiger charge is -2.09. The molecule has 3 rings (SSSR count). The smallest absolute Gasteiger partial charge is 0.261 e. The van der Waals surface area contributed by atoms with E-state index in [0.29, 0.717) is 5.69 Å². The molecule has 0 atom stereocenters. The first kappa shape index (κ1) is 15.5. The van der Waals surface area contributed by atoms with Gasteiger partial charge in [0.1, 0.15) is 0 Å². The molecular formula is C15H13BrN2O2S2. The van der Waals surface area contributed by atoms with Crippen molar-refractivity contribution >= 4 is 53.2 Å². The Hall–Kier alpha value is -1.44. The van der Waals surface area contributed by atoms with Crippen LogP contribution in [-0.4, -0.2) is 13.4 Å². The van der Waals surface area contributed by atoms with Crippen LogP contribution in [0.5, 0.6) is 0 Å². The van der Waals surface area contributed by atoms with Gasteiger partial charge in [0, 0.05) is 4.47 Å². The summed E-state index contributed by atoms with van der Waals surface area (Å²) in [5, 5.41) is 0.957. The van der Waals surface area contributed by atoms with Crippen molar-refractivity contribution in [3.63, 3.8) is 0 Å². The van der Waals surface area contributed by atoms with Gasteiger partial charge in [-0.05, 0) is 55.8 Å². The van der Waals surface area contributed by atoms with E-state index in [9.17, 15) is 8.42 Å². The molecule has 0 amide bonds. The van der Waals surface area contributed by atoms with Crippen molar-refractivity contribution in [1.29, 1.82) is 0 Å². The van der Waals surface area contributed by atoms with Gasteiger partial charge in [-0.25, -0.2) is 13.4 Å². The summed E-state index contributed by atoms with van der Waals surface area (Å²) in [6.45, 7) is 3.79. The van der Waals surface area contributed by atoms with Crippen LogP contribution in [0.3, 0.4) is 0 Å². The Kier molecular flexibility index (Phi) is 3.96. The number of rotatable bonds is 3. The topological polar surface area (TPSA) is 59.1 Å². The summed E-state index contributed by atoms with van der Waals surface area (Å²) in [5.74, 6) is 0. The highest BCUT2D eigenvalue weighted by Gasteiger charge is 2.15. The van der Waals surface area contributed by atoms with Crippen LogP contribution in [-0.2, 0) is 10.0 Å². The van der Waals surface area contributed by atoms with E-state index in [1.165, 1.54) is 0 Å². The van der Waals surface area contributed by atoms with Gasteiger partial charge in [-0.1, -0.05) is 15.9 Å². The van der Waals surface area contributed by atoms with E-state index in [1.807, 2.05) is 26.0 Å². The fraction of sp³-hybridized carbons (Fsp3) is 0.133. The maximum Gasteiger partial charge on any atom is 0.261 e. The number of sulfonamides is 1. The van der Waals surface area contributed by atoms with Gasteiger partial charge >= 0.3 is 0 Å². The molecule has 0 unspecified atom stereocenters. The molecule has 0 saturated carbocycles. The number of nitrogens with one attached hydrogen (secondary N) is 1. The van der Waals surface area contributed by atoms with Gasteiger partial charge < -0.3 is 0 Å². The summed E-state index contributed by atoms with van der Waals surface area (Å²) in [6.07, 6.45) is 0. The van der Waals surface area contributed by atoms with E-state index in [2.05, 4.69) is 25.6 Å². The number of aryl methyl sites for hydroxylation is 2. The molecule has 0 spiro atoms. The summed E-state index contributed by atoms with van der Waals surface area (Å²) in [5.41, 5.74) is 2.29. The van der Waals surface area contributed by atoms with Crippen molar-refractivity contribution in [3.05, 3.63) is 51.4 Å². The first-order valence-corrected chi connectivity index (χ1v) is 9.60. The quantitative estimate of drug-likeness (QED) is 0.709. The van der Waals surface area contributed by atoms with Crippen LogP contribution in [0, 0.1) is 13.8 Å². The van der Waals surface area contributed by atoms with Gasteiger partial charge in [-0.2, -0.15) is 0 Å². The number of halogens is 1. The molecule has 0 bridgehead atoms. The molecule has 0 aliphatic rings. The molecule has 4 nitrogen and oxygen atoms in total. The fourth-order valence-electron chi connectivity index (χ4n) is 2.10. The number of fused-ring (bicyclic) bond motifs is 1. The van der Waals surface area contributed by atoms with Crippen molar-refractivity contribution in [2.24, 2.45) is 0 Å². The lowest BCUT2D eigenvalue weighted by molar-refractivity contribution is 0.601. The first-order chi connectivity index (χ1) is 10.3. The summed E-state index contributed by atoms with van der Waals surface area (Å²) in [6, 6.07) is 10.3. The Bertz CT molecular complexity index is 965. The molecular weight excluding hydrogens is 384 g/mol. The number of hydrogen-bond acceptors (Lipinski definition) is 4. The minimum Gasteiger partial charge on any atom is -0.280 e. The lowest BCUT2D eigenvalue weighted by Crippen LogP contribution is -2.13. The highest BCUT2D eigenvalue weighted by Crippen LogP contribution is 2.27. The number of anilines is 1. The van der Waals surface area contributed by atoms with E-state index in [4.69, 9.17) is 0 Å². The van der Waals surface area contributed by atoms with Crippen molar-refractivity contribution in [1.82, 2.24) is 4.98 Å². The first-order valence-electron chi connectivity index (χ1n) is 6.51. The number of aromatic nitrogens is 1. The molecule has 0 radical (unpaired) electrons. The van der Waals surface area contributed by atoms with Crippen LogP contribution in [0.25, 0.3) is 10.2 Å². The maximum atomic E-state index is 12.5. The van der Waals surface area contributed by atoms with Crippen LogP contribution in [0.1, 0.15) is 10.6 Å². The monoisotopic (exact) mass is 396 g/mol. The third-order valence-corrected chi connectivity index (χ3v) is 6.39. The predicted octanol–water partition coefficient (Wildman–Crippen LogP) is 4.48. The summed E-state index contributed by atoms with van der Waals surface area (Å²) in [7, 11) is -3.60. The average molecular weight is 397 g/mol. The van der Waals surface area contributed by atoms with Crippen molar-refractivity contribution in [3.8, 4) is 0 Å². The Morgan fingerprint density at radius 2 is 1.91 bits per heavy atom. The molecule has 22 heavy (non-hydrogen) atoms. The van der Waals surface area contributed by atoms with E-state index < -0.39 is 10.0 Å². The van der Waals surface area contributed by atoms with Gasteiger partial charge in [0.2, 0.25) is 0 Å². The molecule has 3 aromatic rings. The highest BCUT2D eigenvalue weighted by atomic mass is 79.9. The zero-order valence-electron chi connectivity index (χ0n) is 11.9. The number of nitrogens with zero attached hydrogens (tertiary/aromatic N) is 1. The van der Waals surface area contributed by atoms with Gasteiger partial charge in [0.05, 0.1) is 25.8 Å². The Morgan fingerprint density at radius 1 is 1.14 bits per heavy atom. The second kappa shape index (κ2) is 5.64. The summed E-state index contributed by atoms with van der Waals surface area (Å²) < 4.78 is 29.4.